The Labute approximate surface area is 127 Å². The van der Waals surface area contributed by atoms with Crippen LogP contribution < -0.4 is 5.73 Å². The van der Waals surface area contributed by atoms with Crippen molar-refractivity contribution in [1.29, 1.82) is 0 Å². The maximum atomic E-state index is 6.03. The summed E-state index contributed by atoms with van der Waals surface area (Å²) < 4.78 is 11.1. The van der Waals surface area contributed by atoms with E-state index in [2.05, 4.69) is 22.0 Å². The number of nitrogens with two attached hydrogens (primary N) is 1. The Kier molecular flexibility index (Phi) is 4.23. The summed E-state index contributed by atoms with van der Waals surface area (Å²) >= 11 is 1.53. The molecule has 7 heteroatoms. The number of hydrogen-bond donors (Lipinski definition) is 1. The SMILES string of the molecule is CCCN1CCOC(c2noc(-c3scc(C)c3N)n2)C1. The molecule has 0 saturated carbocycles. The second-order valence-corrected chi connectivity index (χ2v) is 6.16. The molecule has 2 aromatic rings. The highest BCUT2D eigenvalue weighted by molar-refractivity contribution is 7.14. The molecule has 0 radical (unpaired) electrons. The first kappa shape index (κ1) is 14.5. The third-order valence-electron chi connectivity index (χ3n) is 3.64. The van der Waals surface area contributed by atoms with Crippen molar-refractivity contribution >= 4 is 17.0 Å². The zero-order chi connectivity index (χ0) is 14.8. The van der Waals surface area contributed by atoms with Gasteiger partial charge in [0.1, 0.15) is 11.0 Å². The van der Waals surface area contributed by atoms with Crippen LogP contribution in [0.2, 0.25) is 0 Å². The maximum Gasteiger partial charge on any atom is 0.270 e. The molecule has 0 aromatic carbocycles. The Hall–Kier alpha value is -1.44. The molecule has 2 aromatic heterocycles. The Morgan fingerprint density at radius 3 is 3.10 bits per heavy atom. The quantitative estimate of drug-likeness (QED) is 0.935. The number of aromatic nitrogens is 2. The summed E-state index contributed by atoms with van der Waals surface area (Å²) in [5.74, 6) is 1.09. The maximum absolute atomic E-state index is 6.03. The number of thiophene rings is 1. The van der Waals surface area contributed by atoms with E-state index >= 15 is 0 Å². The van der Waals surface area contributed by atoms with Gasteiger partial charge in [-0.3, -0.25) is 4.90 Å². The smallest absolute Gasteiger partial charge is 0.270 e. The lowest BCUT2D eigenvalue weighted by Crippen LogP contribution is -2.39. The molecular formula is C14H20N4O2S. The number of nitrogens with zero attached hydrogens (tertiary/aromatic N) is 3. The largest absolute Gasteiger partial charge is 0.397 e. The molecule has 1 fully saturated rings. The Morgan fingerprint density at radius 2 is 2.38 bits per heavy atom. The second kappa shape index (κ2) is 6.13. The first-order chi connectivity index (χ1) is 10.2. The third-order valence-corrected chi connectivity index (χ3v) is 4.74. The molecule has 3 heterocycles. The van der Waals surface area contributed by atoms with E-state index in [0.29, 0.717) is 24.0 Å². The van der Waals surface area contributed by atoms with E-state index in [4.69, 9.17) is 15.0 Å². The summed E-state index contributed by atoms with van der Waals surface area (Å²) in [7, 11) is 0. The van der Waals surface area contributed by atoms with Crippen molar-refractivity contribution in [2.75, 3.05) is 32.0 Å². The second-order valence-electron chi connectivity index (χ2n) is 5.28. The predicted octanol–water partition coefficient (Wildman–Crippen LogP) is 2.47. The fourth-order valence-corrected chi connectivity index (χ4v) is 3.35. The topological polar surface area (TPSA) is 77.4 Å². The Balaban J connectivity index is 1.77. The molecule has 1 unspecified atom stereocenters. The van der Waals surface area contributed by atoms with E-state index in [1.807, 2.05) is 12.3 Å². The minimum absolute atomic E-state index is 0.120. The Bertz CT molecular complexity index is 608. The van der Waals surface area contributed by atoms with E-state index in [0.717, 1.165) is 36.5 Å². The summed E-state index contributed by atoms with van der Waals surface area (Å²) in [6, 6.07) is 0. The van der Waals surface area contributed by atoms with Crippen LogP contribution >= 0.6 is 11.3 Å². The molecule has 6 nitrogen and oxygen atoms in total. The third kappa shape index (κ3) is 2.95. The van der Waals surface area contributed by atoms with Crippen LogP contribution in [-0.4, -0.2) is 41.3 Å². The molecule has 0 amide bonds. The number of hydrogen-bond acceptors (Lipinski definition) is 7. The first-order valence-corrected chi connectivity index (χ1v) is 8.08. The van der Waals surface area contributed by atoms with E-state index in [9.17, 15) is 0 Å². The predicted molar refractivity (Wildman–Crippen MR) is 82.2 cm³/mol. The summed E-state index contributed by atoms with van der Waals surface area (Å²) in [5.41, 5.74) is 7.78. The highest BCUT2D eigenvalue weighted by Crippen LogP contribution is 2.34. The molecule has 0 bridgehead atoms. The number of morpholine rings is 1. The molecule has 21 heavy (non-hydrogen) atoms. The van der Waals surface area contributed by atoms with Gasteiger partial charge in [-0.05, 0) is 30.8 Å². The van der Waals surface area contributed by atoms with Crippen LogP contribution in [0.3, 0.4) is 0 Å². The molecule has 114 valence electrons. The minimum atomic E-state index is -0.120. The van der Waals surface area contributed by atoms with Crippen molar-refractivity contribution in [3.05, 3.63) is 16.8 Å². The van der Waals surface area contributed by atoms with Crippen molar-refractivity contribution in [3.63, 3.8) is 0 Å². The fourth-order valence-electron chi connectivity index (χ4n) is 2.45. The number of anilines is 1. The average Bonchev–Trinajstić information content (AvgIpc) is 3.08. The summed E-state index contributed by atoms with van der Waals surface area (Å²) in [4.78, 5) is 7.68. The molecule has 0 aliphatic carbocycles. The van der Waals surface area contributed by atoms with Gasteiger partial charge in [0.05, 0.1) is 12.3 Å². The number of rotatable bonds is 4. The van der Waals surface area contributed by atoms with E-state index in [1.165, 1.54) is 11.3 Å². The van der Waals surface area contributed by atoms with E-state index in [1.54, 1.807) is 0 Å². The number of ether oxygens (including phenoxy) is 1. The number of nitrogen functional groups attached to an aromatic ring is 1. The van der Waals surface area contributed by atoms with Gasteiger partial charge >= 0.3 is 0 Å². The van der Waals surface area contributed by atoms with Gasteiger partial charge in [-0.25, -0.2) is 0 Å². The van der Waals surface area contributed by atoms with Crippen LogP contribution in [0.15, 0.2) is 9.90 Å². The molecule has 3 rings (SSSR count). The van der Waals surface area contributed by atoms with Gasteiger partial charge in [0.25, 0.3) is 5.89 Å². The van der Waals surface area contributed by atoms with Crippen LogP contribution in [0, 0.1) is 6.92 Å². The zero-order valence-electron chi connectivity index (χ0n) is 12.3. The lowest BCUT2D eigenvalue weighted by Gasteiger charge is -2.30. The molecule has 0 spiro atoms. The van der Waals surface area contributed by atoms with Gasteiger partial charge in [0, 0.05) is 13.1 Å². The van der Waals surface area contributed by atoms with Crippen molar-refractivity contribution < 1.29 is 9.26 Å². The van der Waals surface area contributed by atoms with Gasteiger partial charge in [-0.15, -0.1) is 11.3 Å². The van der Waals surface area contributed by atoms with Gasteiger partial charge in [-0.2, -0.15) is 4.98 Å². The molecule has 1 aliphatic heterocycles. The van der Waals surface area contributed by atoms with E-state index < -0.39 is 0 Å². The Morgan fingerprint density at radius 1 is 1.52 bits per heavy atom. The van der Waals surface area contributed by atoms with Crippen molar-refractivity contribution in [3.8, 4) is 10.8 Å². The van der Waals surface area contributed by atoms with Crippen molar-refractivity contribution in [2.24, 2.45) is 0 Å². The normalized spacial score (nSPS) is 20.0. The van der Waals surface area contributed by atoms with Crippen LogP contribution in [0.25, 0.3) is 10.8 Å². The van der Waals surface area contributed by atoms with Crippen LogP contribution in [-0.2, 0) is 4.74 Å². The fraction of sp³-hybridized carbons (Fsp3) is 0.571. The molecule has 2 N–H and O–H groups in total. The van der Waals surface area contributed by atoms with Crippen LogP contribution in [0.5, 0.6) is 0 Å². The van der Waals surface area contributed by atoms with Crippen molar-refractivity contribution in [2.45, 2.75) is 26.4 Å². The lowest BCUT2D eigenvalue weighted by molar-refractivity contribution is -0.0350. The average molecular weight is 308 g/mol. The van der Waals surface area contributed by atoms with Crippen LogP contribution in [0.1, 0.15) is 30.8 Å². The minimum Gasteiger partial charge on any atom is -0.397 e. The van der Waals surface area contributed by atoms with Gasteiger partial charge < -0.3 is 15.0 Å². The van der Waals surface area contributed by atoms with Crippen molar-refractivity contribution in [1.82, 2.24) is 15.0 Å². The standard InChI is InChI=1S/C14H20N4O2S/c1-3-4-18-5-6-19-10(7-18)13-16-14(20-17-13)12-11(15)9(2)8-21-12/h8,10H,3-7,15H2,1-2H3. The molecular weight excluding hydrogens is 288 g/mol. The lowest BCUT2D eigenvalue weighted by atomic mass is 10.2. The highest BCUT2D eigenvalue weighted by atomic mass is 32.1. The van der Waals surface area contributed by atoms with Gasteiger partial charge in [0.15, 0.2) is 0 Å². The van der Waals surface area contributed by atoms with Gasteiger partial charge in [0.2, 0.25) is 5.82 Å². The molecule has 1 aliphatic rings. The zero-order valence-corrected chi connectivity index (χ0v) is 13.2. The first-order valence-electron chi connectivity index (χ1n) is 7.20. The monoisotopic (exact) mass is 308 g/mol. The van der Waals surface area contributed by atoms with Gasteiger partial charge in [-0.1, -0.05) is 12.1 Å². The highest BCUT2D eigenvalue weighted by Gasteiger charge is 2.26. The number of aryl methyl sites for hydroxylation is 1. The molecule has 1 saturated heterocycles. The summed E-state index contributed by atoms with van der Waals surface area (Å²) in [6.07, 6.45) is 1.01. The molecule has 1 atom stereocenters. The summed E-state index contributed by atoms with van der Waals surface area (Å²) in [5, 5.41) is 6.07. The summed E-state index contributed by atoms with van der Waals surface area (Å²) in [6.45, 7) is 7.70. The van der Waals surface area contributed by atoms with E-state index in [-0.39, 0.29) is 6.10 Å². The van der Waals surface area contributed by atoms with Crippen LogP contribution in [0.4, 0.5) is 5.69 Å².